The van der Waals surface area contributed by atoms with Crippen molar-refractivity contribution in [2.24, 2.45) is 0 Å². The molecule has 0 aliphatic rings. The largest absolute Gasteiger partial charge is 0.300 e. The monoisotopic (exact) mass is 249 g/mol. The van der Waals surface area contributed by atoms with Crippen molar-refractivity contribution in [3.63, 3.8) is 0 Å². The maximum atomic E-state index is 13.5. The molecule has 0 radical (unpaired) electrons. The van der Waals surface area contributed by atoms with Crippen LogP contribution in [0.5, 0.6) is 0 Å². The molecule has 17 heavy (non-hydrogen) atoms. The molecule has 0 heterocycles. The molecule has 0 aromatic heterocycles. The SMILES string of the molecule is CCN(CC)Cc1ccc(C(F)F)c(F)c1F. The van der Waals surface area contributed by atoms with Gasteiger partial charge in [-0.05, 0) is 19.2 Å². The van der Waals surface area contributed by atoms with Crippen LogP contribution in [0.25, 0.3) is 0 Å². The Morgan fingerprint density at radius 2 is 1.65 bits per heavy atom. The van der Waals surface area contributed by atoms with Gasteiger partial charge in [0.15, 0.2) is 11.6 Å². The number of nitrogens with zero attached hydrogens (tertiary/aromatic N) is 1. The first-order chi connectivity index (χ1) is 8.01. The van der Waals surface area contributed by atoms with E-state index in [9.17, 15) is 17.6 Å². The Kier molecular flexibility index (Phi) is 4.93. The molecule has 1 aromatic carbocycles. The molecule has 0 atom stereocenters. The van der Waals surface area contributed by atoms with Crippen molar-refractivity contribution >= 4 is 0 Å². The molecular weight excluding hydrogens is 234 g/mol. The van der Waals surface area contributed by atoms with Crippen molar-refractivity contribution in [2.75, 3.05) is 13.1 Å². The second kappa shape index (κ2) is 6.00. The molecule has 5 heteroatoms. The van der Waals surface area contributed by atoms with Crippen molar-refractivity contribution in [1.82, 2.24) is 4.90 Å². The lowest BCUT2D eigenvalue weighted by atomic mass is 10.1. The predicted octanol–water partition coefficient (Wildman–Crippen LogP) is 3.74. The third kappa shape index (κ3) is 3.19. The molecule has 0 saturated carbocycles. The van der Waals surface area contributed by atoms with Crippen LogP contribution in [0, 0.1) is 11.6 Å². The van der Waals surface area contributed by atoms with E-state index in [1.165, 1.54) is 6.07 Å². The Morgan fingerprint density at radius 3 is 2.12 bits per heavy atom. The van der Waals surface area contributed by atoms with Crippen LogP contribution >= 0.6 is 0 Å². The zero-order valence-electron chi connectivity index (χ0n) is 9.81. The van der Waals surface area contributed by atoms with Gasteiger partial charge in [0.05, 0.1) is 5.56 Å². The van der Waals surface area contributed by atoms with E-state index in [1.807, 2.05) is 18.7 Å². The first kappa shape index (κ1) is 14.0. The predicted molar refractivity (Wildman–Crippen MR) is 57.9 cm³/mol. The van der Waals surface area contributed by atoms with Crippen LogP contribution in [0.1, 0.15) is 31.4 Å². The zero-order chi connectivity index (χ0) is 13.0. The third-order valence-electron chi connectivity index (χ3n) is 2.72. The molecular formula is C12H15F4N. The van der Waals surface area contributed by atoms with E-state index in [-0.39, 0.29) is 12.1 Å². The fourth-order valence-electron chi connectivity index (χ4n) is 1.58. The van der Waals surface area contributed by atoms with Gasteiger partial charge in [0.25, 0.3) is 6.43 Å². The molecule has 1 aromatic rings. The lowest BCUT2D eigenvalue weighted by Crippen LogP contribution is -2.23. The number of benzene rings is 1. The topological polar surface area (TPSA) is 3.24 Å². The van der Waals surface area contributed by atoms with Crippen LogP contribution in [0.15, 0.2) is 12.1 Å². The van der Waals surface area contributed by atoms with Gasteiger partial charge in [0, 0.05) is 12.1 Å². The molecule has 0 bridgehead atoms. The summed E-state index contributed by atoms with van der Waals surface area (Å²) in [5.41, 5.74) is -0.776. The quantitative estimate of drug-likeness (QED) is 0.718. The van der Waals surface area contributed by atoms with Gasteiger partial charge < -0.3 is 0 Å². The van der Waals surface area contributed by atoms with Gasteiger partial charge in [-0.1, -0.05) is 19.9 Å². The Morgan fingerprint density at radius 1 is 1.06 bits per heavy atom. The van der Waals surface area contributed by atoms with Crippen molar-refractivity contribution < 1.29 is 17.6 Å². The fourth-order valence-corrected chi connectivity index (χ4v) is 1.58. The molecule has 0 amide bonds. The summed E-state index contributed by atoms with van der Waals surface area (Å²) >= 11 is 0. The summed E-state index contributed by atoms with van der Waals surface area (Å²) in [6.07, 6.45) is -2.99. The van der Waals surface area contributed by atoms with Crippen LogP contribution in [-0.2, 0) is 6.54 Å². The third-order valence-corrected chi connectivity index (χ3v) is 2.72. The maximum Gasteiger partial charge on any atom is 0.266 e. The Hall–Kier alpha value is -1.10. The van der Waals surface area contributed by atoms with Crippen LogP contribution in [0.3, 0.4) is 0 Å². The lowest BCUT2D eigenvalue weighted by molar-refractivity contribution is 0.145. The Labute approximate surface area is 98.0 Å². The summed E-state index contributed by atoms with van der Waals surface area (Å²) in [7, 11) is 0. The zero-order valence-corrected chi connectivity index (χ0v) is 9.81. The second-order valence-corrected chi connectivity index (χ2v) is 3.70. The van der Waals surface area contributed by atoms with Gasteiger partial charge in [-0.25, -0.2) is 17.6 Å². The molecule has 0 unspecified atom stereocenters. The standard InChI is InChI=1S/C12H15F4N/c1-3-17(4-2)7-8-5-6-9(12(15)16)11(14)10(8)13/h5-6,12H,3-4,7H2,1-2H3. The second-order valence-electron chi connectivity index (χ2n) is 3.70. The van der Waals surface area contributed by atoms with E-state index in [0.717, 1.165) is 6.07 Å². The molecule has 1 rings (SSSR count). The molecule has 0 aliphatic carbocycles. The first-order valence-corrected chi connectivity index (χ1v) is 5.48. The van der Waals surface area contributed by atoms with Crippen LogP contribution in [0.4, 0.5) is 17.6 Å². The molecule has 1 nitrogen and oxygen atoms in total. The summed E-state index contributed by atoms with van der Waals surface area (Å²) < 4.78 is 51.5. The van der Waals surface area contributed by atoms with Crippen molar-refractivity contribution in [3.8, 4) is 0 Å². The number of halogens is 4. The molecule has 0 aliphatic heterocycles. The minimum Gasteiger partial charge on any atom is -0.300 e. The van der Waals surface area contributed by atoms with E-state index >= 15 is 0 Å². The normalized spacial score (nSPS) is 11.5. The van der Waals surface area contributed by atoms with Crippen LogP contribution < -0.4 is 0 Å². The molecule has 0 spiro atoms. The Bertz CT molecular complexity index is 375. The molecule has 0 fully saturated rings. The Balaban J connectivity index is 3.00. The van der Waals surface area contributed by atoms with E-state index in [2.05, 4.69) is 0 Å². The van der Waals surface area contributed by atoms with Gasteiger partial charge in [-0.2, -0.15) is 0 Å². The molecule has 96 valence electrons. The fraction of sp³-hybridized carbons (Fsp3) is 0.500. The highest BCUT2D eigenvalue weighted by Gasteiger charge is 2.20. The minimum atomic E-state index is -2.99. The van der Waals surface area contributed by atoms with Crippen molar-refractivity contribution in [3.05, 3.63) is 34.9 Å². The minimum absolute atomic E-state index is 0.107. The van der Waals surface area contributed by atoms with Gasteiger partial charge in [0.2, 0.25) is 0 Å². The van der Waals surface area contributed by atoms with Crippen molar-refractivity contribution in [2.45, 2.75) is 26.8 Å². The highest BCUT2D eigenvalue weighted by molar-refractivity contribution is 5.27. The lowest BCUT2D eigenvalue weighted by Gasteiger charge is -2.18. The first-order valence-electron chi connectivity index (χ1n) is 5.48. The van der Waals surface area contributed by atoms with Gasteiger partial charge in [0.1, 0.15) is 0 Å². The van der Waals surface area contributed by atoms with Gasteiger partial charge >= 0.3 is 0 Å². The van der Waals surface area contributed by atoms with E-state index in [1.54, 1.807) is 0 Å². The summed E-state index contributed by atoms with van der Waals surface area (Å²) in [6, 6.07) is 2.17. The maximum absolute atomic E-state index is 13.5. The smallest absolute Gasteiger partial charge is 0.266 e. The summed E-state index contributed by atoms with van der Waals surface area (Å²) in [5.74, 6) is -2.61. The highest BCUT2D eigenvalue weighted by atomic mass is 19.3. The van der Waals surface area contributed by atoms with E-state index in [4.69, 9.17) is 0 Å². The van der Waals surface area contributed by atoms with Gasteiger partial charge in [-0.3, -0.25) is 4.90 Å². The average Bonchev–Trinajstić information content (AvgIpc) is 2.30. The summed E-state index contributed by atoms with van der Waals surface area (Å²) in [4.78, 5) is 1.87. The summed E-state index contributed by atoms with van der Waals surface area (Å²) in [5, 5.41) is 0. The number of rotatable bonds is 5. The van der Waals surface area contributed by atoms with Crippen molar-refractivity contribution in [1.29, 1.82) is 0 Å². The number of hydrogen-bond acceptors (Lipinski definition) is 1. The van der Waals surface area contributed by atoms with Crippen LogP contribution in [0.2, 0.25) is 0 Å². The van der Waals surface area contributed by atoms with E-state index < -0.39 is 23.6 Å². The number of hydrogen-bond donors (Lipinski definition) is 0. The average molecular weight is 249 g/mol. The highest BCUT2D eigenvalue weighted by Crippen LogP contribution is 2.25. The van der Waals surface area contributed by atoms with E-state index in [0.29, 0.717) is 13.1 Å². The summed E-state index contributed by atoms with van der Waals surface area (Å²) in [6.45, 7) is 5.39. The molecule has 0 N–H and O–H groups in total. The van der Waals surface area contributed by atoms with Gasteiger partial charge in [-0.15, -0.1) is 0 Å². The van der Waals surface area contributed by atoms with Crippen LogP contribution in [-0.4, -0.2) is 18.0 Å². The number of alkyl halides is 2. The molecule has 0 saturated heterocycles.